The number of hydrogen-bond donors (Lipinski definition) is 2. The molecule has 0 amide bonds. The van der Waals surface area contributed by atoms with Crippen molar-refractivity contribution in [3.8, 4) is 0 Å². The van der Waals surface area contributed by atoms with Gasteiger partial charge >= 0.3 is 5.97 Å². The summed E-state index contributed by atoms with van der Waals surface area (Å²) in [6, 6.07) is 0. The number of hydrazine groups is 1. The monoisotopic (exact) mass is 229 g/mol. The van der Waals surface area contributed by atoms with Crippen LogP contribution >= 0.6 is 11.8 Å². The summed E-state index contributed by atoms with van der Waals surface area (Å²) in [7, 11) is 0. The number of anilines is 1. The summed E-state index contributed by atoms with van der Waals surface area (Å²) in [6.45, 7) is 1.96. The summed E-state index contributed by atoms with van der Waals surface area (Å²) in [6.07, 6.45) is 1.79. The molecule has 8 heteroatoms. The number of nitrogens with one attached hydrogen (secondary N) is 1. The van der Waals surface area contributed by atoms with E-state index in [0.29, 0.717) is 5.16 Å². The molecule has 15 heavy (non-hydrogen) atoms. The van der Waals surface area contributed by atoms with Crippen molar-refractivity contribution >= 4 is 23.5 Å². The third kappa shape index (κ3) is 2.77. The second kappa shape index (κ2) is 5.47. The Labute approximate surface area is 90.8 Å². The first-order valence-corrected chi connectivity index (χ1v) is 5.37. The molecule has 1 rings (SSSR count). The maximum atomic E-state index is 11.4. The van der Waals surface area contributed by atoms with Crippen LogP contribution in [0.4, 0.5) is 5.82 Å². The highest BCUT2D eigenvalue weighted by atomic mass is 32.2. The van der Waals surface area contributed by atoms with Crippen LogP contribution in [0.25, 0.3) is 0 Å². The fourth-order valence-corrected chi connectivity index (χ4v) is 1.14. The number of ether oxygens (including phenoxy) is 1. The molecule has 1 aromatic rings. The average molecular weight is 229 g/mol. The van der Waals surface area contributed by atoms with E-state index in [1.54, 1.807) is 13.2 Å². The van der Waals surface area contributed by atoms with Crippen LogP contribution in [-0.4, -0.2) is 34.0 Å². The van der Waals surface area contributed by atoms with Crippen molar-refractivity contribution in [2.75, 3.05) is 18.3 Å². The van der Waals surface area contributed by atoms with Crippen molar-refractivity contribution in [3.05, 3.63) is 5.69 Å². The average Bonchev–Trinajstić information content (AvgIpc) is 2.28. The van der Waals surface area contributed by atoms with Gasteiger partial charge in [-0.05, 0) is 13.2 Å². The summed E-state index contributed by atoms with van der Waals surface area (Å²) in [5.74, 6) is 4.77. The Balaban J connectivity index is 3.02. The first-order valence-electron chi connectivity index (χ1n) is 4.15. The van der Waals surface area contributed by atoms with E-state index in [9.17, 15) is 4.79 Å². The lowest BCUT2D eigenvalue weighted by molar-refractivity contribution is 0.0518. The first-order chi connectivity index (χ1) is 7.22. The zero-order valence-electron chi connectivity index (χ0n) is 8.35. The Kier molecular flexibility index (Phi) is 4.25. The van der Waals surface area contributed by atoms with Crippen molar-refractivity contribution in [2.45, 2.75) is 12.1 Å². The van der Waals surface area contributed by atoms with Crippen LogP contribution in [0.5, 0.6) is 0 Å². The SMILES string of the molecule is CCOC(=O)c1nnc(SC)nc1NN. The number of carbonyl (C=O) groups is 1. The molecule has 0 radical (unpaired) electrons. The molecule has 0 atom stereocenters. The largest absolute Gasteiger partial charge is 0.461 e. The topological polar surface area (TPSA) is 103 Å². The van der Waals surface area contributed by atoms with Crippen LogP contribution in [0.1, 0.15) is 17.4 Å². The lowest BCUT2D eigenvalue weighted by Gasteiger charge is -2.05. The summed E-state index contributed by atoms with van der Waals surface area (Å²) in [5.41, 5.74) is 2.27. The zero-order chi connectivity index (χ0) is 11.3. The fourth-order valence-electron chi connectivity index (χ4n) is 0.835. The van der Waals surface area contributed by atoms with Gasteiger partial charge in [0, 0.05) is 0 Å². The minimum atomic E-state index is -0.599. The first kappa shape index (κ1) is 11.7. The number of nitrogen functional groups attached to an aromatic ring is 1. The van der Waals surface area contributed by atoms with Crippen LogP contribution in [0.2, 0.25) is 0 Å². The van der Waals surface area contributed by atoms with Crippen LogP contribution in [0.15, 0.2) is 5.16 Å². The molecule has 0 saturated heterocycles. The molecule has 0 unspecified atom stereocenters. The quantitative estimate of drug-likeness (QED) is 0.323. The second-order valence-corrected chi connectivity index (χ2v) is 3.13. The van der Waals surface area contributed by atoms with Crippen molar-refractivity contribution in [2.24, 2.45) is 5.84 Å². The van der Waals surface area contributed by atoms with Gasteiger partial charge in [0.15, 0.2) is 5.82 Å². The van der Waals surface area contributed by atoms with Crippen LogP contribution in [0.3, 0.4) is 0 Å². The van der Waals surface area contributed by atoms with Crippen LogP contribution in [0, 0.1) is 0 Å². The molecular weight excluding hydrogens is 218 g/mol. The molecule has 0 bridgehead atoms. The Hall–Kier alpha value is -1.41. The van der Waals surface area contributed by atoms with E-state index in [1.807, 2.05) is 0 Å². The van der Waals surface area contributed by atoms with E-state index in [0.717, 1.165) is 0 Å². The summed E-state index contributed by atoms with van der Waals surface area (Å²) >= 11 is 1.30. The van der Waals surface area contributed by atoms with E-state index in [4.69, 9.17) is 10.6 Å². The standard InChI is InChI=1S/C7H11N5O2S/c1-3-14-6(13)4-5(10-8)9-7(15-2)12-11-4/h3,8H2,1-2H3,(H,9,10,12). The molecule has 0 aliphatic rings. The summed E-state index contributed by atoms with van der Waals surface area (Å²) in [5, 5.41) is 7.83. The molecule has 0 fully saturated rings. The Morgan fingerprint density at radius 2 is 2.33 bits per heavy atom. The van der Waals surface area contributed by atoms with Gasteiger partial charge in [-0.15, -0.1) is 10.2 Å². The van der Waals surface area contributed by atoms with Gasteiger partial charge < -0.3 is 10.2 Å². The van der Waals surface area contributed by atoms with Crippen molar-refractivity contribution < 1.29 is 9.53 Å². The zero-order valence-corrected chi connectivity index (χ0v) is 9.17. The highest BCUT2D eigenvalue weighted by Crippen LogP contribution is 2.13. The van der Waals surface area contributed by atoms with Crippen molar-refractivity contribution in [3.63, 3.8) is 0 Å². The molecular formula is C7H11N5O2S. The number of rotatable bonds is 4. The lowest BCUT2D eigenvalue weighted by Crippen LogP contribution is -2.18. The number of carbonyl (C=O) groups excluding carboxylic acids is 1. The molecule has 0 aliphatic heterocycles. The molecule has 82 valence electrons. The molecule has 0 spiro atoms. The lowest BCUT2D eigenvalue weighted by atomic mass is 10.4. The Morgan fingerprint density at radius 3 is 2.87 bits per heavy atom. The molecule has 1 aromatic heterocycles. The van der Waals surface area contributed by atoms with E-state index in [2.05, 4.69) is 20.6 Å². The minimum absolute atomic E-state index is 0.0165. The predicted octanol–water partition coefficient (Wildman–Crippen LogP) is 0.0558. The fraction of sp³-hybridized carbons (Fsp3) is 0.429. The van der Waals surface area contributed by atoms with E-state index >= 15 is 0 Å². The molecule has 1 heterocycles. The van der Waals surface area contributed by atoms with E-state index < -0.39 is 5.97 Å². The molecule has 7 nitrogen and oxygen atoms in total. The van der Waals surface area contributed by atoms with Gasteiger partial charge in [-0.25, -0.2) is 10.6 Å². The highest BCUT2D eigenvalue weighted by Gasteiger charge is 2.16. The predicted molar refractivity (Wildman–Crippen MR) is 55.4 cm³/mol. The second-order valence-electron chi connectivity index (χ2n) is 2.36. The van der Waals surface area contributed by atoms with Gasteiger partial charge in [0.25, 0.3) is 0 Å². The summed E-state index contributed by atoms with van der Waals surface area (Å²) < 4.78 is 4.76. The number of hydrogen-bond acceptors (Lipinski definition) is 8. The highest BCUT2D eigenvalue weighted by molar-refractivity contribution is 7.98. The van der Waals surface area contributed by atoms with E-state index in [-0.39, 0.29) is 18.1 Å². The number of nitrogens with zero attached hydrogens (tertiary/aromatic N) is 3. The van der Waals surface area contributed by atoms with Gasteiger partial charge in [0.2, 0.25) is 10.9 Å². The van der Waals surface area contributed by atoms with Gasteiger partial charge in [0.1, 0.15) is 0 Å². The van der Waals surface area contributed by atoms with Crippen LogP contribution < -0.4 is 11.3 Å². The molecule has 0 saturated carbocycles. The van der Waals surface area contributed by atoms with Gasteiger partial charge in [0.05, 0.1) is 6.61 Å². The van der Waals surface area contributed by atoms with Gasteiger partial charge in [-0.3, -0.25) is 0 Å². The van der Waals surface area contributed by atoms with Gasteiger partial charge in [-0.1, -0.05) is 11.8 Å². The summed E-state index contributed by atoms with van der Waals surface area (Å²) in [4.78, 5) is 15.3. The Morgan fingerprint density at radius 1 is 1.60 bits per heavy atom. The molecule has 0 aliphatic carbocycles. The smallest absolute Gasteiger partial charge is 0.362 e. The Bertz CT molecular complexity index is 359. The third-order valence-corrected chi connectivity index (χ3v) is 1.99. The number of nitrogens with two attached hydrogens (primary N) is 1. The van der Waals surface area contributed by atoms with E-state index in [1.165, 1.54) is 11.8 Å². The van der Waals surface area contributed by atoms with Crippen LogP contribution in [-0.2, 0) is 4.74 Å². The third-order valence-electron chi connectivity index (χ3n) is 1.46. The minimum Gasteiger partial charge on any atom is -0.461 e. The molecule has 0 aromatic carbocycles. The normalized spacial score (nSPS) is 9.80. The maximum absolute atomic E-state index is 11.4. The number of thioether (sulfide) groups is 1. The van der Waals surface area contributed by atoms with Crippen molar-refractivity contribution in [1.29, 1.82) is 0 Å². The maximum Gasteiger partial charge on any atom is 0.362 e. The van der Waals surface area contributed by atoms with Crippen molar-refractivity contribution in [1.82, 2.24) is 15.2 Å². The number of esters is 1. The molecule has 3 N–H and O–H groups in total. The number of aromatic nitrogens is 3. The van der Waals surface area contributed by atoms with Gasteiger partial charge in [-0.2, -0.15) is 4.98 Å².